The molecular formula is C17H23N7OS2. The second-order valence-corrected chi connectivity index (χ2v) is 8.34. The molecule has 0 aromatic carbocycles. The van der Waals surface area contributed by atoms with Gasteiger partial charge >= 0.3 is 0 Å². The van der Waals surface area contributed by atoms with Crippen molar-refractivity contribution in [3.8, 4) is 0 Å². The molecule has 0 saturated carbocycles. The zero-order valence-electron chi connectivity index (χ0n) is 15.4. The zero-order chi connectivity index (χ0) is 19.1. The van der Waals surface area contributed by atoms with Crippen molar-refractivity contribution < 1.29 is 0 Å². The van der Waals surface area contributed by atoms with E-state index in [4.69, 9.17) is 0 Å². The topological polar surface area (TPSA) is 103 Å². The normalized spacial score (nSPS) is 11.2. The van der Waals surface area contributed by atoms with Crippen LogP contribution in [0.1, 0.15) is 22.0 Å². The monoisotopic (exact) mass is 405 g/mol. The molecule has 0 unspecified atom stereocenters. The van der Waals surface area contributed by atoms with Gasteiger partial charge in [-0.3, -0.25) is 9.78 Å². The van der Waals surface area contributed by atoms with Gasteiger partial charge in [0.25, 0.3) is 5.56 Å². The van der Waals surface area contributed by atoms with Gasteiger partial charge in [0.1, 0.15) is 5.01 Å². The van der Waals surface area contributed by atoms with Crippen LogP contribution in [0, 0.1) is 0 Å². The number of imidazole rings is 1. The highest BCUT2D eigenvalue weighted by molar-refractivity contribution is 7.98. The molecule has 0 radical (unpaired) electrons. The summed E-state index contributed by atoms with van der Waals surface area (Å²) < 4.78 is 0. The van der Waals surface area contributed by atoms with Crippen LogP contribution < -0.4 is 10.9 Å². The summed E-state index contributed by atoms with van der Waals surface area (Å²) in [7, 11) is 4.09. The molecule has 0 aliphatic carbocycles. The van der Waals surface area contributed by atoms with Crippen molar-refractivity contribution in [3.63, 3.8) is 0 Å². The Hall–Kier alpha value is -2.17. The Balaban J connectivity index is 1.39. The molecule has 0 bridgehead atoms. The molecule has 0 atom stereocenters. The van der Waals surface area contributed by atoms with Gasteiger partial charge in [-0.15, -0.1) is 11.3 Å². The van der Waals surface area contributed by atoms with Crippen molar-refractivity contribution in [1.82, 2.24) is 29.8 Å². The number of hydrogen-bond donors (Lipinski definition) is 3. The summed E-state index contributed by atoms with van der Waals surface area (Å²) in [5.41, 5.74) is 2.48. The molecule has 144 valence electrons. The maximum atomic E-state index is 12.1. The number of thioether (sulfide) groups is 1. The van der Waals surface area contributed by atoms with Crippen LogP contribution >= 0.6 is 23.1 Å². The second-order valence-electron chi connectivity index (χ2n) is 6.29. The van der Waals surface area contributed by atoms with E-state index >= 15 is 0 Å². The summed E-state index contributed by atoms with van der Waals surface area (Å²) in [5, 5.41) is 6.42. The fourth-order valence-corrected chi connectivity index (χ4v) is 4.16. The Labute approximate surface area is 165 Å². The van der Waals surface area contributed by atoms with E-state index in [0.717, 1.165) is 41.0 Å². The van der Waals surface area contributed by atoms with Crippen LogP contribution in [-0.2, 0) is 18.7 Å². The standard InChI is InChI=1S/C17H23N7OS2/c1-24(2)8-15-22-14(10-27-15)9-26-4-3-19-17-20-6-12(16(25)23-17)5-13-7-18-11-21-13/h6-7,10-11H,3-5,8-9H2,1-2H3,(H,18,21)(H2,19,20,23,25). The van der Waals surface area contributed by atoms with Gasteiger partial charge in [-0.2, -0.15) is 11.8 Å². The van der Waals surface area contributed by atoms with Crippen LogP contribution in [0.5, 0.6) is 0 Å². The van der Waals surface area contributed by atoms with Crippen molar-refractivity contribution in [2.75, 3.05) is 31.7 Å². The van der Waals surface area contributed by atoms with Gasteiger partial charge in [0.2, 0.25) is 5.95 Å². The van der Waals surface area contributed by atoms with E-state index in [1.165, 1.54) is 0 Å². The molecule has 3 rings (SSSR count). The minimum absolute atomic E-state index is 0.134. The second kappa shape index (κ2) is 9.67. The number of rotatable bonds is 10. The summed E-state index contributed by atoms with van der Waals surface area (Å²) in [4.78, 5) is 32.9. The summed E-state index contributed by atoms with van der Waals surface area (Å²) in [5.74, 6) is 2.29. The molecule has 0 aliphatic rings. The largest absolute Gasteiger partial charge is 0.355 e. The Morgan fingerprint density at radius 1 is 1.33 bits per heavy atom. The highest BCUT2D eigenvalue weighted by Gasteiger charge is 2.06. The molecule has 10 heteroatoms. The summed E-state index contributed by atoms with van der Waals surface area (Å²) in [6.07, 6.45) is 5.40. The molecule has 3 heterocycles. The first-order valence-electron chi connectivity index (χ1n) is 8.55. The molecule has 3 aromatic heterocycles. The Bertz CT molecular complexity index is 889. The predicted octanol–water partition coefficient (Wildman–Crippen LogP) is 1.95. The summed E-state index contributed by atoms with van der Waals surface area (Å²) in [6, 6.07) is 0. The predicted molar refractivity (Wildman–Crippen MR) is 110 cm³/mol. The van der Waals surface area contributed by atoms with Gasteiger partial charge in [0.15, 0.2) is 0 Å². The quantitative estimate of drug-likeness (QED) is 0.443. The SMILES string of the molecule is CN(C)Cc1nc(CSCCNc2ncc(Cc3cnc[nH]3)c(=O)[nH]2)cs1. The van der Waals surface area contributed by atoms with Gasteiger partial charge in [0.05, 0.1) is 12.0 Å². The van der Waals surface area contributed by atoms with Crippen LogP contribution in [0.3, 0.4) is 0 Å². The fraction of sp³-hybridized carbons (Fsp3) is 0.412. The molecule has 8 nitrogen and oxygen atoms in total. The number of thiazole rings is 1. The summed E-state index contributed by atoms with van der Waals surface area (Å²) >= 11 is 3.51. The number of aromatic amines is 2. The van der Waals surface area contributed by atoms with Gasteiger partial charge in [0, 0.05) is 60.0 Å². The maximum absolute atomic E-state index is 12.1. The number of nitrogens with zero attached hydrogens (tertiary/aromatic N) is 4. The lowest BCUT2D eigenvalue weighted by Crippen LogP contribution is -2.18. The molecule has 3 aromatic rings. The fourth-order valence-electron chi connectivity index (χ4n) is 2.40. The van der Waals surface area contributed by atoms with Crippen LogP contribution in [0.15, 0.2) is 28.9 Å². The third kappa shape index (κ3) is 6.19. The molecule has 27 heavy (non-hydrogen) atoms. The smallest absolute Gasteiger partial charge is 0.255 e. The molecule has 0 amide bonds. The third-order valence-corrected chi connectivity index (χ3v) is 5.52. The van der Waals surface area contributed by atoms with Crippen molar-refractivity contribution in [3.05, 3.63) is 56.4 Å². The highest BCUT2D eigenvalue weighted by Crippen LogP contribution is 2.16. The minimum Gasteiger partial charge on any atom is -0.355 e. The molecule has 0 spiro atoms. The molecular weight excluding hydrogens is 382 g/mol. The first-order valence-corrected chi connectivity index (χ1v) is 10.6. The Morgan fingerprint density at radius 3 is 2.96 bits per heavy atom. The van der Waals surface area contributed by atoms with E-state index in [0.29, 0.717) is 17.9 Å². The minimum atomic E-state index is -0.134. The van der Waals surface area contributed by atoms with E-state index < -0.39 is 0 Å². The van der Waals surface area contributed by atoms with Gasteiger partial charge in [-0.05, 0) is 14.1 Å². The average molecular weight is 406 g/mol. The molecule has 0 fully saturated rings. The molecule has 3 N–H and O–H groups in total. The molecule has 0 saturated heterocycles. The van der Waals surface area contributed by atoms with Gasteiger partial charge < -0.3 is 15.2 Å². The third-order valence-electron chi connectivity index (χ3n) is 3.65. The highest BCUT2D eigenvalue weighted by atomic mass is 32.2. The Morgan fingerprint density at radius 2 is 2.22 bits per heavy atom. The average Bonchev–Trinajstić information content (AvgIpc) is 3.28. The lowest BCUT2D eigenvalue weighted by molar-refractivity contribution is 0.401. The number of nitrogens with one attached hydrogen (secondary N) is 3. The maximum Gasteiger partial charge on any atom is 0.255 e. The van der Waals surface area contributed by atoms with Gasteiger partial charge in [-0.25, -0.2) is 15.0 Å². The van der Waals surface area contributed by atoms with Crippen LogP contribution in [0.25, 0.3) is 0 Å². The van der Waals surface area contributed by atoms with Crippen LogP contribution in [0.4, 0.5) is 5.95 Å². The van der Waals surface area contributed by atoms with E-state index in [-0.39, 0.29) is 5.56 Å². The lowest BCUT2D eigenvalue weighted by Gasteiger charge is -2.06. The number of anilines is 1. The van der Waals surface area contributed by atoms with E-state index in [1.807, 2.05) is 14.1 Å². The van der Waals surface area contributed by atoms with E-state index in [1.54, 1.807) is 41.8 Å². The van der Waals surface area contributed by atoms with Crippen molar-refractivity contribution >= 4 is 29.0 Å². The number of H-pyrrole nitrogens is 2. The summed E-state index contributed by atoms with van der Waals surface area (Å²) in [6.45, 7) is 1.61. The van der Waals surface area contributed by atoms with Crippen molar-refractivity contribution in [1.29, 1.82) is 0 Å². The van der Waals surface area contributed by atoms with Crippen molar-refractivity contribution in [2.45, 2.75) is 18.7 Å². The van der Waals surface area contributed by atoms with Crippen LogP contribution in [-0.4, -0.2) is 56.2 Å². The van der Waals surface area contributed by atoms with E-state index in [9.17, 15) is 4.79 Å². The zero-order valence-corrected chi connectivity index (χ0v) is 17.0. The van der Waals surface area contributed by atoms with E-state index in [2.05, 4.69) is 40.5 Å². The lowest BCUT2D eigenvalue weighted by atomic mass is 10.2. The first kappa shape index (κ1) is 19.6. The van der Waals surface area contributed by atoms with Gasteiger partial charge in [-0.1, -0.05) is 0 Å². The first-order chi connectivity index (χ1) is 13.1. The van der Waals surface area contributed by atoms with Crippen LogP contribution in [0.2, 0.25) is 0 Å². The van der Waals surface area contributed by atoms with Crippen molar-refractivity contribution in [2.24, 2.45) is 0 Å². The Kier molecular flexibility index (Phi) is 7.02. The number of aromatic nitrogens is 5. The number of hydrogen-bond acceptors (Lipinski definition) is 8. The molecule has 0 aliphatic heterocycles.